The second-order valence-electron chi connectivity index (χ2n) is 2.58. The molecule has 0 amide bonds. The molecule has 1 heterocycles. The zero-order valence-electron chi connectivity index (χ0n) is 7.73. The fraction of sp³-hybridized carbons (Fsp3) is 0.375. The maximum Gasteiger partial charge on any atom is 0.317 e. The van der Waals surface area contributed by atoms with Crippen LogP contribution < -0.4 is 10.1 Å². The maximum atomic E-state index is 10.2. The summed E-state index contributed by atoms with van der Waals surface area (Å²) in [6, 6.07) is 0.298. The van der Waals surface area contributed by atoms with Crippen molar-refractivity contribution in [3.63, 3.8) is 0 Å². The summed E-state index contributed by atoms with van der Waals surface area (Å²) in [6.45, 7) is 0.350. The number of rotatable bonds is 5. The molecule has 0 aromatic carbocycles. The van der Waals surface area contributed by atoms with Crippen molar-refractivity contribution in [3.05, 3.63) is 18.0 Å². The van der Waals surface area contributed by atoms with Gasteiger partial charge in [0.25, 0.3) is 0 Å². The van der Waals surface area contributed by atoms with Gasteiger partial charge in [0.1, 0.15) is 0 Å². The van der Waals surface area contributed by atoms with Crippen LogP contribution in [0.2, 0.25) is 0 Å². The SMILES string of the molecule is COc1ncc(CNCC(=O)O)cn1. The summed E-state index contributed by atoms with van der Waals surface area (Å²) in [5.41, 5.74) is 0.812. The smallest absolute Gasteiger partial charge is 0.317 e. The van der Waals surface area contributed by atoms with Crippen molar-refractivity contribution in [1.29, 1.82) is 0 Å². The molecule has 0 saturated heterocycles. The highest BCUT2D eigenvalue weighted by molar-refractivity contribution is 5.68. The highest BCUT2D eigenvalue weighted by Gasteiger charge is 1.98. The lowest BCUT2D eigenvalue weighted by Crippen LogP contribution is -2.21. The van der Waals surface area contributed by atoms with Gasteiger partial charge < -0.3 is 15.2 Å². The summed E-state index contributed by atoms with van der Waals surface area (Å²) in [6.07, 6.45) is 3.17. The van der Waals surface area contributed by atoms with Crippen molar-refractivity contribution in [2.24, 2.45) is 0 Å². The van der Waals surface area contributed by atoms with Crippen LogP contribution in [0.15, 0.2) is 12.4 Å². The lowest BCUT2D eigenvalue weighted by molar-refractivity contribution is -0.135. The Labute approximate surface area is 80.9 Å². The van der Waals surface area contributed by atoms with Crippen LogP contribution in [0.25, 0.3) is 0 Å². The van der Waals surface area contributed by atoms with E-state index >= 15 is 0 Å². The number of nitrogens with zero attached hydrogens (tertiary/aromatic N) is 2. The second-order valence-corrected chi connectivity index (χ2v) is 2.58. The molecule has 14 heavy (non-hydrogen) atoms. The number of hydrogen-bond acceptors (Lipinski definition) is 5. The van der Waals surface area contributed by atoms with Crippen LogP contribution in [-0.2, 0) is 11.3 Å². The molecule has 1 aromatic rings. The summed E-state index contributed by atoms with van der Waals surface area (Å²) in [5.74, 6) is -0.889. The summed E-state index contributed by atoms with van der Waals surface area (Å²) < 4.78 is 4.78. The van der Waals surface area contributed by atoms with Gasteiger partial charge in [0.15, 0.2) is 0 Å². The van der Waals surface area contributed by atoms with Crippen LogP contribution in [0.4, 0.5) is 0 Å². The molecule has 1 aromatic heterocycles. The predicted molar refractivity (Wildman–Crippen MR) is 47.9 cm³/mol. The van der Waals surface area contributed by atoms with Gasteiger partial charge in [-0.1, -0.05) is 0 Å². The molecule has 1 rings (SSSR count). The molecule has 0 unspecified atom stereocenters. The number of carboxylic acid groups (broad SMARTS) is 1. The molecule has 2 N–H and O–H groups in total. The molecule has 0 spiro atoms. The normalized spacial score (nSPS) is 9.79. The van der Waals surface area contributed by atoms with E-state index in [9.17, 15) is 4.79 Å². The fourth-order valence-corrected chi connectivity index (χ4v) is 0.853. The van der Waals surface area contributed by atoms with Crippen LogP contribution in [0.5, 0.6) is 6.01 Å². The van der Waals surface area contributed by atoms with Crippen LogP contribution >= 0.6 is 0 Å². The van der Waals surface area contributed by atoms with Crippen LogP contribution in [0.1, 0.15) is 5.56 Å². The van der Waals surface area contributed by atoms with E-state index in [1.54, 1.807) is 12.4 Å². The first-order valence-electron chi connectivity index (χ1n) is 4.00. The first kappa shape index (κ1) is 10.4. The summed E-state index contributed by atoms with van der Waals surface area (Å²) in [5, 5.41) is 11.1. The van der Waals surface area contributed by atoms with Crippen LogP contribution in [-0.4, -0.2) is 34.7 Å². The highest BCUT2D eigenvalue weighted by Crippen LogP contribution is 2.00. The quantitative estimate of drug-likeness (QED) is 0.671. The molecule has 0 atom stereocenters. The van der Waals surface area contributed by atoms with Gasteiger partial charge in [-0.05, 0) is 0 Å². The molecule has 0 fully saturated rings. The highest BCUT2D eigenvalue weighted by atomic mass is 16.5. The van der Waals surface area contributed by atoms with Crippen molar-refractivity contribution in [2.45, 2.75) is 6.54 Å². The largest absolute Gasteiger partial charge is 0.480 e. The Kier molecular flexibility index (Phi) is 3.81. The molecule has 0 bridgehead atoms. The first-order chi connectivity index (χ1) is 6.72. The van der Waals surface area contributed by atoms with Gasteiger partial charge >= 0.3 is 12.0 Å². The standard InChI is InChI=1S/C8H11N3O3/c1-14-8-10-3-6(4-11-8)2-9-5-7(12)13/h3-4,9H,2,5H2,1H3,(H,12,13). The van der Waals surface area contributed by atoms with E-state index in [0.29, 0.717) is 12.6 Å². The molecule has 0 saturated carbocycles. The Morgan fingerprint density at radius 3 is 2.71 bits per heavy atom. The minimum atomic E-state index is -0.889. The second kappa shape index (κ2) is 5.13. The van der Waals surface area contributed by atoms with Gasteiger partial charge in [-0.2, -0.15) is 0 Å². The van der Waals surface area contributed by atoms with E-state index in [2.05, 4.69) is 15.3 Å². The Bertz CT molecular complexity index is 299. The van der Waals surface area contributed by atoms with E-state index in [0.717, 1.165) is 5.56 Å². The minimum absolute atomic E-state index is 0.0774. The molecular weight excluding hydrogens is 186 g/mol. The number of carbonyl (C=O) groups is 1. The third-order valence-electron chi connectivity index (χ3n) is 1.47. The van der Waals surface area contributed by atoms with Crippen molar-refractivity contribution in [1.82, 2.24) is 15.3 Å². The lowest BCUT2D eigenvalue weighted by Gasteiger charge is -2.01. The van der Waals surface area contributed by atoms with Gasteiger partial charge in [0.2, 0.25) is 0 Å². The lowest BCUT2D eigenvalue weighted by atomic mass is 10.3. The fourth-order valence-electron chi connectivity index (χ4n) is 0.853. The van der Waals surface area contributed by atoms with Gasteiger partial charge in [-0.15, -0.1) is 0 Å². The number of carboxylic acids is 1. The van der Waals surface area contributed by atoms with Crippen molar-refractivity contribution in [2.75, 3.05) is 13.7 Å². The summed E-state index contributed by atoms with van der Waals surface area (Å²) in [7, 11) is 1.48. The molecule has 6 nitrogen and oxygen atoms in total. The van der Waals surface area contributed by atoms with E-state index in [-0.39, 0.29) is 6.54 Å². The van der Waals surface area contributed by atoms with E-state index < -0.39 is 5.97 Å². The number of ether oxygens (including phenoxy) is 1. The van der Waals surface area contributed by atoms with Gasteiger partial charge in [-0.3, -0.25) is 4.79 Å². The first-order valence-corrected chi connectivity index (χ1v) is 4.00. The van der Waals surface area contributed by atoms with Crippen molar-refractivity contribution < 1.29 is 14.6 Å². The van der Waals surface area contributed by atoms with E-state index in [4.69, 9.17) is 9.84 Å². The summed E-state index contributed by atoms with van der Waals surface area (Å²) >= 11 is 0. The zero-order chi connectivity index (χ0) is 10.4. The van der Waals surface area contributed by atoms with Crippen molar-refractivity contribution in [3.8, 4) is 6.01 Å². The molecule has 76 valence electrons. The Morgan fingerprint density at radius 2 is 2.21 bits per heavy atom. The average Bonchev–Trinajstić information content (AvgIpc) is 2.18. The van der Waals surface area contributed by atoms with Crippen LogP contribution in [0.3, 0.4) is 0 Å². The molecule has 0 aliphatic heterocycles. The Balaban J connectivity index is 2.40. The monoisotopic (exact) mass is 197 g/mol. The number of nitrogens with one attached hydrogen (secondary N) is 1. The van der Waals surface area contributed by atoms with Gasteiger partial charge in [0, 0.05) is 24.5 Å². The number of aromatic nitrogens is 2. The molecule has 0 aliphatic rings. The number of methoxy groups -OCH3 is 1. The van der Waals surface area contributed by atoms with Crippen molar-refractivity contribution >= 4 is 5.97 Å². The van der Waals surface area contributed by atoms with Gasteiger partial charge in [-0.25, -0.2) is 9.97 Å². The van der Waals surface area contributed by atoms with E-state index in [1.807, 2.05) is 0 Å². The zero-order valence-corrected chi connectivity index (χ0v) is 7.73. The Hall–Kier alpha value is -1.69. The molecular formula is C8H11N3O3. The summed E-state index contributed by atoms with van der Waals surface area (Å²) in [4.78, 5) is 17.9. The third-order valence-corrected chi connectivity index (χ3v) is 1.47. The minimum Gasteiger partial charge on any atom is -0.480 e. The Morgan fingerprint density at radius 1 is 1.57 bits per heavy atom. The number of aliphatic carboxylic acids is 1. The van der Waals surface area contributed by atoms with Gasteiger partial charge in [0.05, 0.1) is 13.7 Å². The molecule has 6 heteroatoms. The average molecular weight is 197 g/mol. The molecule has 0 radical (unpaired) electrons. The maximum absolute atomic E-state index is 10.2. The topological polar surface area (TPSA) is 84.3 Å². The van der Waals surface area contributed by atoms with E-state index in [1.165, 1.54) is 7.11 Å². The van der Waals surface area contributed by atoms with Crippen LogP contribution in [0, 0.1) is 0 Å². The third kappa shape index (κ3) is 3.36. The number of hydrogen-bond donors (Lipinski definition) is 2. The predicted octanol–water partition coefficient (Wildman–Crippen LogP) is -0.341. The molecule has 0 aliphatic carbocycles.